The number of hydrogen-bond acceptors (Lipinski definition) is 2. The van der Waals surface area contributed by atoms with Crippen LogP contribution in [0.1, 0.15) is 30.8 Å². The normalized spacial score (nSPS) is 23.2. The number of nitrogens with two attached hydrogens (primary N) is 1. The predicted octanol–water partition coefficient (Wildman–Crippen LogP) is 1.54. The van der Waals surface area contributed by atoms with Crippen molar-refractivity contribution in [2.75, 3.05) is 0 Å². The highest BCUT2D eigenvalue weighted by atomic mass is 79.9. The molecule has 70 valence electrons. The highest BCUT2D eigenvalue weighted by molar-refractivity contribution is 9.10. The second-order valence-electron chi connectivity index (χ2n) is 4.08. The van der Waals surface area contributed by atoms with Gasteiger partial charge in [0.05, 0.1) is 11.2 Å². The fourth-order valence-electron chi connectivity index (χ4n) is 1.98. The van der Waals surface area contributed by atoms with Crippen LogP contribution in [0.25, 0.3) is 0 Å². The monoisotopic (exact) mass is 241 g/mol. The Morgan fingerprint density at radius 1 is 1.46 bits per heavy atom. The Balaban J connectivity index is 2.12. The van der Waals surface area contributed by atoms with E-state index in [-0.39, 0.29) is 5.54 Å². The maximum Gasteiger partial charge on any atom is 0.110 e. The molecule has 2 heterocycles. The third-order valence-corrected chi connectivity index (χ3v) is 3.83. The van der Waals surface area contributed by atoms with Crippen LogP contribution in [0.15, 0.2) is 4.60 Å². The van der Waals surface area contributed by atoms with Gasteiger partial charge in [0.15, 0.2) is 0 Å². The topological polar surface area (TPSA) is 43.8 Å². The molecule has 0 radical (unpaired) electrons. The lowest BCUT2D eigenvalue weighted by molar-refractivity contribution is 0.682. The second kappa shape index (κ2) is 2.36. The summed E-state index contributed by atoms with van der Waals surface area (Å²) in [4.78, 5) is 4.62. The van der Waals surface area contributed by atoms with Crippen LogP contribution in [0, 0.1) is 0 Å². The number of nitrogens with zero attached hydrogens (tertiary/aromatic N) is 2. The zero-order chi connectivity index (χ0) is 9.05. The van der Waals surface area contributed by atoms with Crippen LogP contribution < -0.4 is 5.73 Å². The van der Waals surface area contributed by atoms with Crippen LogP contribution in [0.2, 0.25) is 0 Å². The van der Waals surface area contributed by atoms with E-state index in [2.05, 4.69) is 25.5 Å². The fraction of sp³-hybridized carbons (Fsp3) is 0.667. The number of aryl methyl sites for hydroxylation is 1. The van der Waals surface area contributed by atoms with Crippen molar-refractivity contribution in [1.82, 2.24) is 9.55 Å². The molecule has 1 saturated carbocycles. The first-order valence-corrected chi connectivity index (χ1v) is 5.54. The first kappa shape index (κ1) is 8.00. The number of aromatic nitrogens is 2. The SMILES string of the molecule is NC1(c2nc3n(c2Br)CCC3)CC1. The minimum absolute atomic E-state index is 0.101. The highest BCUT2D eigenvalue weighted by Gasteiger charge is 2.45. The summed E-state index contributed by atoms with van der Waals surface area (Å²) in [5, 5.41) is 0. The molecular weight excluding hydrogens is 230 g/mol. The van der Waals surface area contributed by atoms with Crippen LogP contribution in [0.5, 0.6) is 0 Å². The van der Waals surface area contributed by atoms with E-state index in [9.17, 15) is 0 Å². The molecule has 1 aliphatic carbocycles. The van der Waals surface area contributed by atoms with Gasteiger partial charge in [0, 0.05) is 13.0 Å². The summed E-state index contributed by atoms with van der Waals surface area (Å²) in [5.41, 5.74) is 7.11. The van der Waals surface area contributed by atoms with Crippen molar-refractivity contribution in [2.45, 2.75) is 37.8 Å². The minimum Gasteiger partial charge on any atom is -0.322 e. The van der Waals surface area contributed by atoms with Gasteiger partial charge in [-0.25, -0.2) is 4.98 Å². The van der Waals surface area contributed by atoms with E-state index in [1.54, 1.807) is 0 Å². The summed E-state index contributed by atoms with van der Waals surface area (Å²) in [7, 11) is 0. The van der Waals surface area contributed by atoms with Gasteiger partial charge in [-0.3, -0.25) is 0 Å². The maximum atomic E-state index is 6.12. The zero-order valence-corrected chi connectivity index (χ0v) is 8.97. The van der Waals surface area contributed by atoms with E-state index >= 15 is 0 Å². The molecule has 0 atom stereocenters. The first-order chi connectivity index (χ1) is 6.21. The lowest BCUT2D eigenvalue weighted by atomic mass is 10.2. The molecule has 4 heteroatoms. The molecule has 3 nitrogen and oxygen atoms in total. The van der Waals surface area contributed by atoms with Gasteiger partial charge < -0.3 is 10.3 Å². The van der Waals surface area contributed by atoms with Gasteiger partial charge in [0.25, 0.3) is 0 Å². The van der Waals surface area contributed by atoms with Crippen LogP contribution in [-0.4, -0.2) is 9.55 Å². The quantitative estimate of drug-likeness (QED) is 0.811. The Hall–Kier alpha value is -0.350. The molecular formula is C9H12BrN3. The van der Waals surface area contributed by atoms with Crippen molar-refractivity contribution in [2.24, 2.45) is 5.73 Å². The van der Waals surface area contributed by atoms with Crippen LogP contribution >= 0.6 is 15.9 Å². The molecule has 1 aliphatic heterocycles. The highest BCUT2D eigenvalue weighted by Crippen LogP contribution is 2.45. The number of rotatable bonds is 1. The molecule has 1 aromatic rings. The molecule has 1 fully saturated rings. The number of halogens is 1. The standard InChI is InChI=1S/C9H12BrN3/c10-8-7(9(11)3-4-9)12-6-2-1-5-13(6)8/h1-5,11H2. The molecule has 0 spiro atoms. The van der Waals surface area contributed by atoms with Gasteiger partial charge in [0.2, 0.25) is 0 Å². The zero-order valence-electron chi connectivity index (χ0n) is 7.39. The summed E-state index contributed by atoms with van der Waals surface area (Å²) in [6, 6.07) is 0. The van der Waals surface area contributed by atoms with Gasteiger partial charge in [0.1, 0.15) is 10.4 Å². The van der Waals surface area contributed by atoms with E-state index in [4.69, 9.17) is 5.73 Å². The summed E-state index contributed by atoms with van der Waals surface area (Å²) in [6.45, 7) is 1.10. The minimum atomic E-state index is -0.101. The Morgan fingerprint density at radius 3 is 2.85 bits per heavy atom. The summed E-state index contributed by atoms with van der Waals surface area (Å²) >= 11 is 3.60. The van der Waals surface area contributed by atoms with Crippen LogP contribution in [0.4, 0.5) is 0 Å². The van der Waals surface area contributed by atoms with Gasteiger partial charge >= 0.3 is 0 Å². The van der Waals surface area contributed by atoms with Crippen molar-refractivity contribution in [3.63, 3.8) is 0 Å². The number of imidazole rings is 1. The van der Waals surface area contributed by atoms with Crippen molar-refractivity contribution in [3.8, 4) is 0 Å². The maximum absolute atomic E-state index is 6.12. The van der Waals surface area contributed by atoms with E-state index in [1.165, 1.54) is 12.2 Å². The Morgan fingerprint density at radius 2 is 2.23 bits per heavy atom. The summed E-state index contributed by atoms with van der Waals surface area (Å²) < 4.78 is 3.38. The molecule has 2 N–H and O–H groups in total. The van der Waals surface area contributed by atoms with E-state index in [0.29, 0.717) is 0 Å². The van der Waals surface area contributed by atoms with Crippen molar-refractivity contribution in [3.05, 3.63) is 16.1 Å². The first-order valence-electron chi connectivity index (χ1n) is 4.75. The molecule has 0 aromatic carbocycles. The smallest absolute Gasteiger partial charge is 0.110 e. The lowest BCUT2D eigenvalue weighted by Crippen LogP contribution is -2.20. The van der Waals surface area contributed by atoms with Gasteiger partial charge in [-0.2, -0.15) is 0 Å². The van der Waals surface area contributed by atoms with Gasteiger partial charge in [-0.05, 0) is 35.2 Å². The van der Waals surface area contributed by atoms with E-state index in [1.807, 2.05) is 0 Å². The molecule has 0 bridgehead atoms. The molecule has 2 aliphatic rings. The fourth-order valence-corrected chi connectivity index (χ4v) is 2.84. The van der Waals surface area contributed by atoms with Gasteiger partial charge in [-0.15, -0.1) is 0 Å². The molecule has 0 amide bonds. The second-order valence-corrected chi connectivity index (χ2v) is 4.83. The van der Waals surface area contributed by atoms with Crippen LogP contribution in [-0.2, 0) is 18.5 Å². The Labute approximate surface area is 85.5 Å². The molecule has 0 unspecified atom stereocenters. The molecule has 1 aromatic heterocycles. The predicted molar refractivity (Wildman–Crippen MR) is 53.3 cm³/mol. The third-order valence-electron chi connectivity index (χ3n) is 3.03. The lowest BCUT2D eigenvalue weighted by Gasteiger charge is -2.05. The summed E-state index contributed by atoms with van der Waals surface area (Å²) in [6.07, 6.45) is 4.50. The summed E-state index contributed by atoms with van der Waals surface area (Å²) in [5.74, 6) is 1.21. The van der Waals surface area contributed by atoms with Crippen LogP contribution in [0.3, 0.4) is 0 Å². The average molecular weight is 242 g/mol. The van der Waals surface area contributed by atoms with Crippen molar-refractivity contribution in [1.29, 1.82) is 0 Å². The van der Waals surface area contributed by atoms with Gasteiger partial charge in [-0.1, -0.05) is 0 Å². The third kappa shape index (κ3) is 1.02. The Bertz CT molecular complexity index is 365. The van der Waals surface area contributed by atoms with Crippen molar-refractivity contribution < 1.29 is 0 Å². The molecule has 13 heavy (non-hydrogen) atoms. The average Bonchev–Trinajstić information content (AvgIpc) is 2.62. The number of hydrogen-bond donors (Lipinski definition) is 1. The molecule has 0 saturated heterocycles. The van der Waals surface area contributed by atoms with E-state index < -0.39 is 0 Å². The Kier molecular flexibility index (Phi) is 1.45. The van der Waals surface area contributed by atoms with Crippen molar-refractivity contribution >= 4 is 15.9 Å². The van der Waals surface area contributed by atoms with E-state index in [0.717, 1.165) is 36.1 Å². The molecule has 3 rings (SSSR count). The number of fused-ring (bicyclic) bond motifs is 1. The largest absolute Gasteiger partial charge is 0.322 e.